The SMILES string of the molecule is CCCCC(N=C1NS(=O)(=O)c2ccccc21)C(=O)NNC(=O)COc1ccc(C)c(C)c1. The first-order valence-electron chi connectivity index (χ1n) is 10.7. The Bertz CT molecular complexity index is 1180. The van der Waals surface area contributed by atoms with Crippen LogP contribution in [0, 0.1) is 13.8 Å². The Morgan fingerprint density at radius 2 is 1.85 bits per heavy atom. The first-order chi connectivity index (χ1) is 15.7. The lowest BCUT2D eigenvalue weighted by Crippen LogP contribution is -2.48. The molecule has 0 saturated heterocycles. The number of hydrogen-bond donors (Lipinski definition) is 3. The van der Waals surface area contributed by atoms with Crippen molar-refractivity contribution in [2.75, 3.05) is 6.61 Å². The van der Waals surface area contributed by atoms with Crippen molar-refractivity contribution >= 4 is 27.7 Å². The van der Waals surface area contributed by atoms with Crippen LogP contribution in [0.3, 0.4) is 0 Å². The predicted molar refractivity (Wildman–Crippen MR) is 124 cm³/mol. The number of ether oxygens (including phenoxy) is 1. The lowest BCUT2D eigenvalue weighted by molar-refractivity contribution is -0.130. The van der Waals surface area contributed by atoms with E-state index in [9.17, 15) is 18.0 Å². The summed E-state index contributed by atoms with van der Waals surface area (Å²) in [7, 11) is -3.71. The van der Waals surface area contributed by atoms with Crippen molar-refractivity contribution in [1.29, 1.82) is 0 Å². The zero-order valence-electron chi connectivity index (χ0n) is 18.8. The summed E-state index contributed by atoms with van der Waals surface area (Å²) in [6.07, 6.45) is 1.92. The highest BCUT2D eigenvalue weighted by Gasteiger charge is 2.31. The fourth-order valence-corrected chi connectivity index (χ4v) is 4.48. The second-order valence-corrected chi connectivity index (χ2v) is 9.46. The van der Waals surface area contributed by atoms with E-state index < -0.39 is 27.9 Å². The van der Waals surface area contributed by atoms with Crippen LogP contribution in [-0.4, -0.2) is 38.7 Å². The Hall–Kier alpha value is -3.40. The first-order valence-corrected chi connectivity index (χ1v) is 12.2. The number of rotatable bonds is 8. The largest absolute Gasteiger partial charge is 0.484 e. The standard InChI is InChI=1S/C23H28N4O5S/c1-4-5-9-19(24-22-18-8-6-7-10-20(18)33(30,31)27-22)23(29)26-25-21(28)14-32-17-12-11-15(2)16(3)13-17/h6-8,10-13,19H,4-5,9,14H2,1-3H3,(H,24,27)(H,25,28)(H,26,29). The van der Waals surface area contributed by atoms with Gasteiger partial charge in [-0.1, -0.05) is 38.0 Å². The number of aliphatic imine (C=N–C) groups is 1. The molecule has 0 aliphatic carbocycles. The van der Waals surface area contributed by atoms with Crippen LogP contribution >= 0.6 is 0 Å². The summed E-state index contributed by atoms with van der Waals surface area (Å²) in [6.45, 7) is 5.63. The van der Waals surface area contributed by atoms with Gasteiger partial charge in [0.25, 0.3) is 21.8 Å². The van der Waals surface area contributed by atoms with Crippen molar-refractivity contribution in [3.8, 4) is 5.75 Å². The van der Waals surface area contributed by atoms with Gasteiger partial charge in [-0.3, -0.25) is 30.2 Å². The molecule has 1 aliphatic rings. The van der Waals surface area contributed by atoms with Gasteiger partial charge in [0.15, 0.2) is 6.61 Å². The maximum atomic E-state index is 12.7. The highest BCUT2D eigenvalue weighted by atomic mass is 32.2. The highest BCUT2D eigenvalue weighted by Crippen LogP contribution is 2.23. The van der Waals surface area contributed by atoms with Crippen LogP contribution in [0.2, 0.25) is 0 Å². The molecule has 0 radical (unpaired) electrons. The summed E-state index contributed by atoms with van der Waals surface area (Å²) in [5.74, 6) is -0.403. The van der Waals surface area contributed by atoms with Gasteiger partial charge in [0.1, 0.15) is 17.6 Å². The highest BCUT2D eigenvalue weighted by molar-refractivity contribution is 7.90. The van der Waals surface area contributed by atoms with Crippen LogP contribution in [0.5, 0.6) is 5.75 Å². The number of nitrogens with zero attached hydrogens (tertiary/aromatic N) is 1. The molecule has 2 amide bonds. The molecule has 1 unspecified atom stereocenters. The molecule has 0 saturated carbocycles. The number of hydrogen-bond acceptors (Lipinski definition) is 6. The van der Waals surface area contributed by atoms with E-state index in [1.54, 1.807) is 24.3 Å². The Morgan fingerprint density at radius 1 is 1.09 bits per heavy atom. The van der Waals surface area contributed by atoms with E-state index in [1.807, 2.05) is 32.9 Å². The van der Waals surface area contributed by atoms with Gasteiger partial charge in [0, 0.05) is 5.56 Å². The number of sulfonamides is 1. The summed E-state index contributed by atoms with van der Waals surface area (Å²) < 4.78 is 32.5. The number of benzene rings is 2. The van der Waals surface area contributed by atoms with E-state index in [0.717, 1.165) is 17.5 Å². The minimum absolute atomic E-state index is 0.117. The van der Waals surface area contributed by atoms with Crippen molar-refractivity contribution in [3.63, 3.8) is 0 Å². The van der Waals surface area contributed by atoms with Gasteiger partial charge < -0.3 is 4.74 Å². The number of unbranched alkanes of at least 4 members (excludes halogenated alkanes) is 1. The minimum atomic E-state index is -3.71. The summed E-state index contributed by atoms with van der Waals surface area (Å²) in [6, 6.07) is 11.1. The predicted octanol–water partition coefficient (Wildman–Crippen LogP) is 2.13. The van der Waals surface area contributed by atoms with Gasteiger partial charge in [-0.25, -0.2) is 8.42 Å². The molecule has 33 heavy (non-hydrogen) atoms. The molecule has 2 aromatic rings. The molecule has 0 fully saturated rings. The van der Waals surface area contributed by atoms with Crippen LogP contribution in [0.1, 0.15) is 42.9 Å². The molecule has 1 heterocycles. The van der Waals surface area contributed by atoms with Crippen molar-refractivity contribution in [2.45, 2.75) is 51.0 Å². The molecular weight excluding hydrogens is 444 g/mol. The van der Waals surface area contributed by atoms with Crippen LogP contribution < -0.4 is 20.3 Å². The zero-order chi connectivity index (χ0) is 24.0. The minimum Gasteiger partial charge on any atom is -0.484 e. The number of aryl methyl sites for hydroxylation is 2. The molecule has 0 spiro atoms. The van der Waals surface area contributed by atoms with Crippen molar-refractivity contribution in [2.24, 2.45) is 4.99 Å². The Kier molecular flexibility index (Phi) is 7.70. The van der Waals surface area contributed by atoms with E-state index in [2.05, 4.69) is 20.6 Å². The van der Waals surface area contributed by atoms with Crippen molar-refractivity contribution in [1.82, 2.24) is 15.6 Å². The molecule has 10 heteroatoms. The molecule has 1 aliphatic heterocycles. The van der Waals surface area contributed by atoms with E-state index in [-0.39, 0.29) is 17.3 Å². The number of carbonyl (C=O) groups excluding carboxylic acids is 2. The normalized spacial score (nSPS) is 15.9. The van der Waals surface area contributed by atoms with Gasteiger partial charge in [-0.2, -0.15) is 0 Å². The molecule has 1 atom stereocenters. The van der Waals surface area contributed by atoms with Crippen LogP contribution in [0.4, 0.5) is 0 Å². The van der Waals surface area contributed by atoms with Crippen molar-refractivity contribution < 1.29 is 22.7 Å². The van der Waals surface area contributed by atoms with E-state index in [1.165, 1.54) is 6.07 Å². The third-order valence-corrected chi connectivity index (χ3v) is 6.65. The molecule has 0 aromatic heterocycles. The number of amides is 2. The van der Waals surface area contributed by atoms with Gasteiger partial charge in [0.05, 0.1) is 4.90 Å². The Morgan fingerprint density at radius 3 is 2.58 bits per heavy atom. The van der Waals surface area contributed by atoms with E-state index in [4.69, 9.17) is 4.74 Å². The summed E-state index contributed by atoms with van der Waals surface area (Å²) >= 11 is 0. The number of amidine groups is 1. The number of hydrazine groups is 1. The average Bonchev–Trinajstić information content (AvgIpc) is 3.05. The smallest absolute Gasteiger partial charge is 0.276 e. The average molecular weight is 473 g/mol. The zero-order valence-corrected chi connectivity index (χ0v) is 19.7. The van der Waals surface area contributed by atoms with Crippen LogP contribution in [0.15, 0.2) is 52.4 Å². The Labute approximate surface area is 193 Å². The van der Waals surface area contributed by atoms with E-state index in [0.29, 0.717) is 24.2 Å². The van der Waals surface area contributed by atoms with Crippen LogP contribution in [-0.2, 0) is 19.6 Å². The topological polar surface area (TPSA) is 126 Å². The fraction of sp³-hybridized carbons (Fsp3) is 0.348. The molecule has 176 valence electrons. The molecule has 0 bridgehead atoms. The third kappa shape index (κ3) is 6.10. The molecule has 9 nitrogen and oxygen atoms in total. The lowest BCUT2D eigenvalue weighted by Gasteiger charge is -2.15. The second-order valence-electron chi connectivity index (χ2n) is 7.81. The van der Waals surface area contributed by atoms with Gasteiger partial charge in [-0.15, -0.1) is 0 Å². The quantitative estimate of drug-likeness (QED) is 0.508. The van der Waals surface area contributed by atoms with Gasteiger partial charge in [0.2, 0.25) is 0 Å². The Balaban J connectivity index is 1.63. The molecular formula is C23H28N4O5S. The fourth-order valence-electron chi connectivity index (χ4n) is 3.24. The lowest BCUT2D eigenvalue weighted by atomic mass is 10.1. The number of nitrogens with one attached hydrogen (secondary N) is 3. The maximum absolute atomic E-state index is 12.7. The molecule has 2 aromatic carbocycles. The third-order valence-electron chi connectivity index (χ3n) is 5.25. The maximum Gasteiger partial charge on any atom is 0.276 e. The summed E-state index contributed by atoms with van der Waals surface area (Å²) in [5.41, 5.74) is 7.26. The first kappa shape index (κ1) is 24.2. The number of fused-ring (bicyclic) bond motifs is 1. The van der Waals surface area contributed by atoms with E-state index >= 15 is 0 Å². The number of carbonyl (C=O) groups is 2. The van der Waals surface area contributed by atoms with Gasteiger partial charge in [-0.05, 0) is 55.7 Å². The monoisotopic (exact) mass is 472 g/mol. The van der Waals surface area contributed by atoms with Crippen LogP contribution in [0.25, 0.3) is 0 Å². The summed E-state index contributed by atoms with van der Waals surface area (Å²) in [4.78, 5) is 29.3. The molecule has 3 rings (SSSR count). The summed E-state index contributed by atoms with van der Waals surface area (Å²) in [5, 5.41) is 0. The molecule has 3 N–H and O–H groups in total. The second kappa shape index (κ2) is 10.5. The van der Waals surface area contributed by atoms with Gasteiger partial charge >= 0.3 is 0 Å². The van der Waals surface area contributed by atoms with Crippen molar-refractivity contribution in [3.05, 3.63) is 59.2 Å².